The maximum Gasteiger partial charge on any atom is 0.255 e. The summed E-state index contributed by atoms with van der Waals surface area (Å²) < 4.78 is 0. The molecule has 0 unspecified atom stereocenters. The van der Waals surface area contributed by atoms with Gasteiger partial charge in [0.2, 0.25) is 5.91 Å². The summed E-state index contributed by atoms with van der Waals surface area (Å²) in [6.45, 7) is 1.15. The van der Waals surface area contributed by atoms with Gasteiger partial charge in [0.05, 0.1) is 17.1 Å². The van der Waals surface area contributed by atoms with Crippen LogP contribution in [-0.4, -0.2) is 41.3 Å². The summed E-state index contributed by atoms with van der Waals surface area (Å²) in [4.78, 5) is 29.1. The Bertz CT molecular complexity index is 508. The lowest BCUT2D eigenvalue weighted by Crippen LogP contribution is -2.37. The number of carbonyl (C=O) groups is 2. The number of nitrogens with one attached hydrogen (secondary N) is 2. The summed E-state index contributed by atoms with van der Waals surface area (Å²) in [6, 6.07) is 1.48. The number of hydrazine groups is 1. The van der Waals surface area contributed by atoms with E-state index >= 15 is 0 Å². The van der Waals surface area contributed by atoms with E-state index in [1.807, 2.05) is 0 Å². The van der Waals surface area contributed by atoms with Crippen LogP contribution in [0.15, 0.2) is 12.3 Å². The molecule has 1 aromatic heterocycles. The van der Waals surface area contributed by atoms with Crippen molar-refractivity contribution < 1.29 is 9.59 Å². The van der Waals surface area contributed by atoms with Gasteiger partial charge in [-0.05, 0) is 12.5 Å². The van der Waals surface area contributed by atoms with Gasteiger partial charge in [-0.2, -0.15) is 0 Å². The minimum Gasteiger partial charge on any atom is -0.354 e. The molecule has 2 amide bonds. The number of anilines is 1. The molecule has 8 heteroatoms. The van der Waals surface area contributed by atoms with Gasteiger partial charge >= 0.3 is 0 Å². The molecule has 1 aliphatic heterocycles. The summed E-state index contributed by atoms with van der Waals surface area (Å²) in [5.74, 6) is 5.08. The molecule has 2 rings (SSSR count). The first kappa shape index (κ1) is 13.6. The molecule has 0 radical (unpaired) electrons. The van der Waals surface area contributed by atoms with Crippen LogP contribution in [0, 0.1) is 0 Å². The zero-order valence-electron chi connectivity index (χ0n) is 10.1. The first-order valence-electron chi connectivity index (χ1n) is 5.80. The van der Waals surface area contributed by atoms with Gasteiger partial charge in [0.15, 0.2) is 5.82 Å². The van der Waals surface area contributed by atoms with E-state index in [0.29, 0.717) is 24.5 Å². The summed E-state index contributed by atoms with van der Waals surface area (Å²) >= 11 is 5.92. The van der Waals surface area contributed by atoms with Crippen LogP contribution in [0.2, 0.25) is 5.02 Å². The van der Waals surface area contributed by atoms with Crippen molar-refractivity contribution in [3.63, 3.8) is 0 Å². The number of nitrogens with two attached hydrogens (primary N) is 1. The fraction of sp³-hybridized carbons (Fsp3) is 0.364. The SMILES string of the molecule is NNc1ncc(C(=O)N2CCCNC(=O)C2)cc1Cl. The molecule has 7 nitrogen and oxygen atoms in total. The Hall–Kier alpha value is -1.86. The van der Waals surface area contributed by atoms with Crippen LogP contribution in [0.4, 0.5) is 5.82 Å². The number of halogens is 1. The van der Waals surface area contributed by atoms with Gasteiger partial charge in [-0.1, -0.05) is 11.6 Å². The third-order valence-corrected chi connectivity index (χ3v) is 3.06. The third kappa shape index (κ3) is 3.12. The summed E-state index contributed by atoms with van der Waals surface area (Å²) in [6.07, 6.45) is 2.10. The van der Waals surface area contributed by atoms with Crippen LogP contribution < -0.4 is 16.6 Å². The predicted octanol–water partition coefficient (Wildman–Crippen LogP) is -0.0173. The highest BCUT2D eigenvalue weighted by Crippen LogP contribution is 2.20. The summed E-state index contributed by atoms with van der Waals surface area (Å²) in [7, 11) is 0. The van der Waals surface area contributed by atoms with Gasteiger partial charge in [0, 0.05) is 19.3 Å². The van der Waals surface area contributed by atoms with Crippen LogP contribution in [0.5, 0.6) is 0 Å². The van der Waals surface area contributed by atoms with Gasteiger partial charge in [-0.25, -0.2) is 10.8 Å². The Labute approximate surface area is 115 Å². The molecule has 1 saturated heterocycles. The lowest BCUT2D eigenvalue weighted by atomic mass is 10.2. The number of nitrogens with zero attached hydrogens (tertiary/aromatic N) is 2. The first-order chi connectivity index (χ1) is 9.11. The number of rotatable bonds is 2. The maximum absolute atomic E-state index is 12.2. The largest absolute Gasteiger partial charge is 0.354 e. The Morgan fingerprint density at radius 2 is 2.37 bits per heavy atom. The molecule has 102 valence electrons. The highest BCUT2D eigenvalue weighted by atomic mass is 35.5. The van der Waals surface area contributed by atoms with Gasteiger partial charge in [-0.15, -0.1) is 0 Å². The highest BCUT2D eigenvalue weighted by Gasteiger charge is 2.21. The second kappa shape index (κ2) is 5.85. The molecule has 1 aliphatic rings. The van der Waals surface area contributed by atoms with Gasteiger partial charge in [-0.3, -0.25) is 9.59 Å². The second-order valence-electron chi connectivity index (χ2n) is 4.13. The number of hydrogen-bond donors (Lipinski definition) is 3. The molecule has 0 aromatic carbocycles. The highest BCUT2D eigenvalue weighted by molar-refractivity contribution is 6.33. The van der Waals surface area contributed by atoms with Crippen molar-refractivity contribution in [2.75, 3.05) is 25.1 Å². The molecule has 0 saturated carbocycles. The number of carbonyl (C=O) groups excluding carboxylic acids is 2. The minimum atomic E-state index is -0.268. The maximum atomic E-state index is 12.2. The van der Waals surface area contributed by atoms with Crippen molar-refractivity contribution in [2.24, 2.45) is 5.84 Å². The molecule has 0 spiro atoms. The Morgan fingerprint density at radius 1 is 1.58 bits per heavy atom. The Morgan fingerprint density at radius 3 is 3.05 bits per heavy atom. The first-order valence-corrected chi connectivity index (χ1v) is 6.17. The molecule has 0 aliphatic carbocycles. The van der Waals surface area contributed by atoms with Crippen molar-refractivity contribution >= 4 is 29.2 Å². The molecule has 4 N–H and O–H groups in total. The van der Waals surface area contributed by atoms with Crippen LogP contribution in [-0.2, 0) is 4.79 Å². The van der Waals surface area contributed by atoms with E-state index in [9.17, 15) is 9.59 Å². The van der Waals surface area contributed by atoms with Crippen LogP contribution in [0.3, 0.4) is 0 Å². The van der Waals surface area contributed by atoms with Crippen molar-refractivity contribution in [3.8, 4) is 0 Å². The molecular formula is C11H14ClN5O2. The van der Waals surface area contributed by atoms with E-state index in [4.69, 9.17) is 17.4 Å². The van der Waals surface area contributed by atoms with E-state index in [2.05, 4.69) is 15.7 Å². The second-order valence-corrected chi connectivity index (χ2v) is 4.54. The van der Waals surface area contributed by atoms with Crippen molar-refractivity contribution in [1.29, 1.82) is 0 Å². The van der Waals surface area contributed by atoms with E-state index in [1.54, 1.807) is 0 Å². The molecule has 1 fully saturated rings. The van der Waals surface area contributed by atoms with Crippen LogP contribution in [0.1, 0.15) is 16.8 Å². The fourth-order valence-corrected chi connectivity index (χ4v) is 2.04. The van der Waals surface area contributed by atoms with E-state index in [1.165, 1.54) is 17.2 Å². The number of amides is 2. The van der Waals surface area contributed by atoms with Gasteiger partial charge in [0.1, 0.15) is 0 Å². The molecule has 0 atom stereocenters. The lowest BCUT2D eigenvalue weighted by Gasteiger charge is -2.19. The fourth-order valence-electron chi connectivity index (χ4n) is 1.82. The lowest BCUT2D eigenvalue weighted by molar-refractivity contribution is -0.121. The van der Waals surface area contributed by atoms with E-state index in [0.717, 1.165) is 6.42 Å². The van der Waals surface area contributed by atoms with Crippen LogP contribution in [0.25, 0.3) is 0 Å². The average Bonchev–Trinajstić information content (AvgIpc) is 2.62. The molecular weight excluding hydrogens is 270 g/mol. The van der Waals surface area contributed by atoms with Crippen molar-refractivity contribution in [2.45, 2.75) is 6.42 Å². The van der Waals surface area contributed by atoms with E-state index in [-0.39, 0.29) is 23.4 Å². The number of nitrogen functional groups attached to an aromatic ring is 1. The number of hydrogen-bond acceptors (Lipinski definition) is 5. The molecule has 0 bridgehead atoms. The molecule has 1 aromatic rings. The zero-order valence-corrected chi connectivity index (χ0v) is 10.9. The molecule has 19 heavy (non-hydrogen) atoms. The Kier molecular flexibility index (Phi) is 4.18. The van der Waals surface area contributed by atoms with Crippen molar-refractivity contribution in [1.82, 2.24) is 15.2 Å². The number of pyridine rings is 1. The zero-order chi connectivity index (χ0) is 13.8. The summed E-state index contributed by atoms with van der Waals surface area (Å²) in [5, 5.41) is 2.97. The quantitative estimate of drug-likeness (QED) is 0.523. The predicted molar refractivity (Wildman–Crippen MR) is 70.6 cm³/mol. The van der Waals surface area contributed by atoms with Crippen LogP contribution >= 0.6 is 11.6 Å². The van der Waals surface area contributed by atoms with E-state index < -0.39 is 0 Å². The minimum absolute atomic E-state index is 0.0490. The topological polar surface area (TPSA) is 100 Å². The Balaban J connectivity index is 2.18. The van der Waals surface area contributed by atoms with Gasteiger partial charge in [0.25, 0.3) is 5.91 Å². The summed E-state index contributed by atoms with van der Waals surface area (Å²) in [5.41, 5.74) is 2.66. The third-order valence-electron chi connectivity index (χ3n) is 2.77. The molecule has 2 heterocycles. The van der Waals surface area contributed by atoms with Crippen molar-refractivity contribution in [3.05, 3.63) is 22.8 Å². The average molecular weight is 284 g/mol. The van der Waals surface area contributed by atoms with Gasteiger partial charge < -0.3 is 15.6 Å². The number of aromatic nitrogens is 1. The normalized spacial score (nSPS) is 15.7. The standard InChI is InChI=1S/C11H14ClN5O2/c12-8-4-7(5-15-10(8)16-13)11(19)17-3-1-2-14-9(18)6-17/h4-5H,1-3,6,13H2,(H,14,18)(H,15,16). The monoisotopic (exact) mass is 283 g/mol. The smallest absolute Gasteiger partial charge is 0.255 e.